The molecule has 0 aromatic carbocycles. The van der Waals surface area contributed by atoms with Crippen molar-refractivity contribution in [3.05, 3.63) is 18.2 Å². The number of nitrogens with one attached hydrogen (secondary N) is 1. The summed E-state index contributed by atoms with van der Waals surface area (Å²) in [5.41, 5.74) is -0.721. The van der Waals surface area contributed by atoms with Crippen LogP contribution in [-0.2, 0) is 31.9 Å². The fourth-order valence-corrected chi connectivity index (χ4v) is 4.97. The lowest BCUT2D eigenvalue weighted by molar-refractivity contribution is -0.171. The number of hydrogen-bond donors (Lipinski definition) is 1. The van der Waals surface area contributed by atoms with E-state index in [9.17, 15) is 13.2 Å². The van der Waals surface area contributed by atoms with Crippen molar-refractivity contribution in [1.82, 2.24) is 23.5 Å². The van der Waals surface area contributed by atoms with Gasteiger partial charge in [-0.25, -0.2) is 4.98 Å². The van der Waals surface area contributed by atoms with Gasteiger partial charge in [0.05, 0.1) is 6.54 Å². The van der Waals surface area contributed by atoms with E-state index in [1.807, 2.05) is 10.8 Å². The fraction of sp³-hybridized carbons (Fsp3) is 0.765. The van der Waals surface area contributed by atoms with Crippen LogP contribution in [0.4, 0.5) is 0 Å². The third-order valence-electron chi connectivity index (χ3n) is 5.73. The van der Waals surface area contributed by atoms with Gasteiger partial charge >= 0.3 is 0 Å². The molecule has 27 heavy (non-hydrogen) atoms. The molecule has 2 aliphatic heterocycles. The number of nitrogens with zero attached hydrogens (tertiary/aromatic N) is 4. The molecule has 150 valence electrons. The minimum atomic E-state index is -3.46. The minimum absolute atomic E-state index is 0.0935. The number of aromatic nitrogens is 2. The largest absolute Gasteiger partial charge is 0.354 e. The van der Waals surface area contributed by atoms with Crippen LogP contribution < -0.4 is 5.32 Å². The number of carbonyl (C=O) groups excluding carboxylic acids is 1. The Morgan fingerprint density at radius 1 is 1.37 bits per heavy atom. The SMILES string of the molecule is CN(C)S(=O)(=O)N1CCC2(CC1)O[C@H](C(=O)NCC1CC1)Cn1ccnc12. The summed E-state index contributed by atoms with van der Waals surface area (Å²) in [5.74, 6) is 1.30. The van der Waals surface area contributed by atoms with Gasteiger partial charge in [0.2, 0.25) is 0 Å². The van der Waals surface area contributed by atoms with Crippen molar-refractivity contribution in [3.8, 4) is 0 Å². The highest BCUT2D eigenvalue weighted by Crippen LogP contribution is 2.40. The van der Waals surface area contributed by atoms with E-state index in [1.165, 1.54) is 35.5 Å². The first-order valence-electron chi connectivity index (χ1n) is 9.46. The van der Waals surface area contributed by atoms with Crippen LogP contribution in [0.3, 0.4) is 0 Å². The van der Waals surface area contributed by atoms with Crippen molar-refractivity contribution >= 4 is 16.1 Å². The molecule has 3 heterocycles. The average molecular weight is 398 g/mol. The molecular weight excluding hydrogens is 370 g/mol. The molecule has 4 rings (SSSR count). The Kier molecular flexibility index (Phi) is 4.77. The van der Waals surface area contributed by atoms with Crippen LogP contribution in [0.1, 0.15) is 31.5 Å². The predicted molar refractivity (Wildman–Crippen MR) is 97.9 cm³/mol. The Morgan fingerprint density at radius 2 is 2.07 bits per heavy atom. The van der Waals surface area contributed by atoms with Crippen molar-refractivity contribution in [2.24, 2.45) is 5.92 Å². The van der Waals surface area contributed by atoms with E-state index in [1.54, 1.807) is 6.20 Å². The maximum Gasteiger partial charge on any atom is 0.281 e. The van der Waals surface area contributed by atoms with Gasteiger partial charge in [-0.05, 0) is 31.6 Å². The van der Waals surface area contributed by atoms with Gasteiger partial charge < -0.3 is 14.6 Å². The molecule has 0 radical (unpaired) electrons. The number of hydrogen-bond acceptors (Lipinski definition) is 5. The molecule has 3 aliphatic rings. The molecule has 1 aliphatic carbocycles. The molecule has 0 unspecified atom stereocenters. The highest BCUT2D eigenvalue weighted by molar-refractivity contribution is 7.86. The van der Waals surface area contributed by atoms with Crippen LogP contribution in [0.25, 0.3) is 0 Å². The fourth-order valence-electron chi connectivity index (χ4n) is 3.86. The number of rotatable bonds is 5. The zero-order valence-corrected chi connectivity index (χ0v) is 16.6. The molecule has 1 spiro atoms. The normalized spacial score (nSPS) is 25.5. The minimum Gasteiger partial charge on any atom is -0.354 e. The molecule has 1 N–H and O–H groups in total. The van der Waals surface area contributed by atoms with Crippen molar-refractivity contribution < 1.29 is 17.9 Å². The standard InChI is InChI=1S/C17H27N5O4S/c1-20(2)27(24,25)22-8-5-17(6-9-22)16-18-7-10-21(16)12-14(26-17)15(23)19-11-13-3-4-13/h7,10,13-14H,3-6,8-9,11-12H2,1-2H3,(H,19,23)/t14-/m0/s1. The Hall–Kier alpha value is -1.49. The number of amides is 1. The Bertz CT molecular complexity index is 809. The highest BCUT2D eigenvalue weighted by Gasteiger charge is 2.48. The zero-order valence-electron chi connectivity index (χ0n) is 15.8. The third kappa shape index (κ3) is 3.51. The summed E-state index contributed by atoms with van der Waals surface area (Å²) < 4.78 is 35.8. The number of ether oxygens (including phenoxy) is 1. The number of piperidine rings is 1. The quantitative estimate of drug-likeness (QED) is 0.749. The molecule has 9 nitrogen and oxygen atoms in total. The molecule has 10 heteroatoms. The molecular formula is C17H27N5O4S. The van der Waals surface area contributed by atoms with Crippen LogP contribution in [0.5, 0.6) is 0 Å². The summed E-state index contributed by atoms with van der Waals surface area (Å²) in [5, 5.41) is 3.00. The first kappa shape index (κ1) is 18.9. The molecule has 2 fully saturated rings. The van der Waals surface area contributed by atoms with E-state index in [4.69, 9.17) is 4.74 Å². The van der Waals surface area contributed by atoms with E-state index in [-0.39, 0.29) is 5.91 Å². The first-order chi connectivity index (χ1) is 12.8. The van der Waals surface area contributed by atoms with Gasteiger partial charge in [0.15, 0.2) is 6.10 Å². The van der Waals surface area contributed by atoms with Crippen LogP contribution >= 0.6 is 0 Å². The van der Waals surface area contributed by atoms with Gasteiger partial charge in [-0.1, -0.05) is 0 Å². The van der Waals surface area contributed by atoms with Gasteiger partial charge in [-0.15, -0.1) is 0 Å². The second-order valence-electron chi connectivity index (χ2n) is 7.88. The Balaban J connectivity index is 1.50. The van der Waals surface area contributed by atoms with Crippen LogP contribution in [0.2, 0.25) is 0 Å². The van der Waals surface area contributed by atoms with Gasteiger partial charge in [0, 0.05) is 46.1 Å². The zero-order chi connectivity index (χ0) is 19.2. The number of fused-ring (bicyclic) bond motifs is 2. The van der Waals surface area contributed by atoms with Crippen molar-refractivity contribution in [3.63, 3.8) is 0 Å². The third-order valence-corrected chi connectivity index (χ3v) is 7.67. The van der Waals surface area contributed by atoms with Crippen molar-refractivity contribution in [2.75, 3.05) is 33.7 Å². The predicted octanol–water partition coefficient (Wildman–Crippen LogP) is -0.0944. The summed E-state index contributed by atoms with van der Waals surface area (Å²) in [4.78, 5) is 17.1. The second-order valence-corrected chi connectivity index (χ2v) is 10.0. The lowest BCUT2D eigenvalue weighted by Gasteiger charge is -2.45. The van der Waals surface area contributed by atoms with Gasteiger partial charge in [-0.3, -0.25) is 4.79 Å². The summed E-state index contributed by atoms with van der Waals surface area (Å²) >= 11 is 0. The van der Waals surface area contributed by atoms with E-state index >= 15 is 0 Å². The van der Waals surface area contributed by atoms with Crippen LogP contribution in [0, 0.1) is 5.92 Å². The smallest absolute Gasteiger partial charge is 0.281 e. The van der Waals surface area contributed by atoms with E-state index in [2.05, 4.69) is 10.3 Å². The van der Waals surface area contributed by atoms with Crippen molar-refractivity contribution in [1.29, 1.82) is 0 Å². The maximum atomic E-state index is 12.6. The number of imidazole rings is 1. The lowest BCUT2D eigenvalue weighted by Crippen LogP contribution is -2.55. The van der Waals surface area contributed by atoms with Gasteiger partial charge in [0.25, 0.3) is 16.1 Å². The lowest BCUT2D eigenvalue weighted by atomic mass is 9.89. The number of carbonyl (C=O) groups is 1. The Labute approximate surface area is 159 Å². The molecule has 0 bridgehead atoms. The first-order valence-corrected chi connectivity index (χ1v) is 10.9. The van der Waals surface area contributed by atoms with Gasteiger partial charge in [-0.2, -0.15) is 17.0 Å². The van der Waals surface area contributed by atoms with E-state index < -0.39 is 21.9 Å². The molecule has 1 saturated carbocycles. The van der Waals surface area contributed by atoms with E-state index in [0.717, 1.165) is 5.82 Å². The average Bonchev–Trinajstić information content (AvgIpc) is 3.34. The molecule has 1 aromatic heterocycles. The van der Waals surface area contributed by atoms with E-state index in [0.29, 0.717) is 44.9 Å². The Morgan fingerprint density at radius 3 is 2.70 bits per heavy atom. The van der Waals surface area contributed by atoms with Crippen LogP contribution in [0.15, 0.2) is 12.4 Å². The topological polar surface area (TPSA) is 96.8 Å². The molecule has 1 aromatic rings. The summed E-state index contributed by atoms with van der Waals surface area (Å²) in [6.45, 7) is 1.82. The van der Waals surface area contributed by atoms with Gasteiger partial charge in [0.1, 0.15) is 11.4 Å². The molecule has 1 atom stereocenters. The van der Waals surface area contributed by atoms with Crippen molar-refractivity contribution in [2.45, 2.75) is 43.9 Å². The monoisotopic (exact) mass is 397 g/mol. The summed E-state index contributed by atoms with van der Waals surface area (Å²) in [6, 6.07) is 0. The highest BCUT2D eigenvalue weighted by atomic mass is 32.2. The summed E-state index contributed by atoms with van der Waals surface area (Å²) in [7, 11) is -0.393. The summed E-state index contributed by atoms with van der Waals surface area (Å²) in [6.07, 6.45) is 6.31. The second kappa shape index (κ2) is 6.84. The molecule has 1 amide bonds. The molecule has 1 saturated heterocycles. The maximum absolute atomic E-state index is 12.6. The van der Waals surface area contributed by atoms with Crippen LogP contribution in [-0.4, -0.2) is 72.3 Å².